The van der Waals surface area contributed by atoms with Crippen LogP contribution in [0.15, 0.2) is 5.51 Å². The molecular weight excluding hydrogens is 222 g/mol. The van der Waals surface area contributed by atoms with Crippen molar-refractivity contribution in [2.75, 3.05) is 7.11 Å². The standard InChI is InChI=1S/C12H17NO2S/c1-8-3-5-9(6-4-8)11-10(12(14)15-2)13-7-16-11/h7-9H,3-6H2,1-2H3. The fourth-order valence-electron chi connectivity index (χ4n) is 2.32. The Hall–Kier alpha value is -0.900. The Morgan fingerprint density at radius 1 is 1.44 bits per heavy atom. The highest BCUT2D eigenvalue weighted by molar-refractivity contribution is 7.10. The Morgan fingerprint density at radius 3 is 2.75 bits per heavy atom. The Labute approximate surface area is 99.8 Å². The number of aromatic nitrogens is 1. The second-order valence-corrected chi connectivity index (χ2v) is 5.40. The quantitative estimate of drug-likeness (QED) is 0.744. The van der Waals surface area contributed by atoms with E-state index in [1.54, 1.807) is 16.8 Å². The maximum Gasteiger partial charge on any atom is 0.357 e. The summed E-state index contributed by atoms with van der Waals surface area (Å²) in [7, 11) is 1.41. The lowest BCUT2D eigenvalue weighted by Crippen LogP contribution is -2.13. The average Bonchev–Trinajstić information content (AvgIpc) is 2.78. The molecule has 0 radical (unpaired) electrons. The lowest BCUT2D eigenvalue weighted by Gasteiger charge is -2.25. The number of methoxy groups -OCH3 is 1. The molecule has 1 saturated carbocycles. The van der Waals surface area contributed by atoms with Crippen LogP contribution in [0.3, 0.4) is 0 Å². The van der Waals surface area contributed by atoms with Gasteiger partial charge >= 0.3 is 5.97 Å². The van der Waals surface area contributed by atoms with Gasteiger partial charge in [-0.2, -0.15) is 0 Å². The van der Waals surface area contributed by atoms with Crippen LogP contribution in [-0.2, 0) is 4.74 Å². The van der Waals surface area contributed by atoms with Crippen molar-refractivity contribution in [1.29, 1.82) is 0 Å². The minimum Gasteiger partial charge on any atom is -0.464 e. The minimum absolute atomic E-state index is 0.296. The molecular formula is C12H17NO2S. The van der Waals surface area contributed by atoms with Crippen LogP contribution in [-0.4, -0.2) is 18.1 Å². The molecule has 0 atom stereocenters. The number of rotatable bonds is 2. The summed E-state index contributed by atoms with van der Waals surface area (Å²) < 4.78 is 4.75. The normalized spacial score (nSPS) is 25.4. The number of hydrogen-bond acceptors (Lipinski definition) is 4. The van der Waals surface area contributed by atoms with E-state index in [9.17, 15) is 4.79 Å². The first-order valence-corrected chi connectivity index (χ1v) is 6.62. The van der Waals surface area contributed by atoms with Crippen LogP contribution in [0, 0.1) is 5.92 Å². The average molecular weight is 239 g/mol. The van der Waals surface area contributed by atoms with Crippen LogP contribution in [0.25, 0.3) is 0 Å². The second kappa shape index (κ2) is 4.95. The number of nitrogens with zero attached hydrogens (tertiary/aromatic N) is 1. The van der Waals surface area contributed by atoms with Crippen molar-refractivity contribution in [2.24, 2.45) is 5.92 Å². The zero-order chi connectivity index (χ0) is 11.5. The first-order valence-electron chi connectivity index (χ1n) is 5.74. The van der Waals surface area contributed by atoms with Crippen LogP contribution < -0.4 is 0 Å². The van der Waals surface area contributed by atoms with Gasteiger partial charge in [0, 0.05) is 4.88 Å². The molecule has 1 aliphatic rings. The molecule has 2 rings (SSSR count). The molecule has 0 aliphatic heterocycles. The van der Waals surface area contributed by atoms with E-state index in [2.05, 4.69) is 11.9 Å². The molecule has 0 saturated heterocycles. The van der Waals surface area contributed by atoms with Crippen molar-refractivity contribution in [2.45, 2.75) is 38.5 Å². The van der Waals surface area contributed by atoms with Gasteiger partial charge in [-0.05, 0) is 24.7 Å². The Balaban J connectivity index is 2.14. The van der Waals surface area contributed by atoms with Gasteiger partial charge in [0.1, 0.15) is 0 Å². The van der Waals surface area contributed by atoms with Crippen LogP contribution >= 0.6 is 11.3 Å². The molecule has 0 unspecified atom stereocenters. The van der Waals surface area contributed by atoms with Crippen molar-refractivity contribution < 1.29 is 9.53 Å². The third-order valence-electron chi connectivity index (χ3n) is 3.36. The van der Waals surface area contributed by atoms with Crippen LogP contribution in [0.1, 0.15) is 53.9 Å². The summed E-state index contributed by atoms with van der Waals surface area (Å²) in [5.74, 6) is 1.04. The molecule has 0 spiro atoms. The van der Waals surface area contributed by atoms with Crippen LogP contribution in [0.4, 0.5) is 0 Å². The number of thiazole rings is 1. The monoisotopic (exact) mass is 239 g/mol. The predicted molar refractivity (Wildman–Crippen MR) is 63.8 cm³/mol. The molecule has 4 heteroatoms. The van der Waals surface area contributed by atoms with Gasteiger partial charge < -0.3 is 4.74 Å². The van der Waals surface area contributed by atoms with E-state index in [0.717, 1.165) is 10.8 Å². The molecule has 0 amide bonds. The third-order valence-corrected chi connectivity index (χ3v) is 4.35. The number of ether oxygens (including phenoxy) is 1. The summed E-state index contributed by atoms with van der Waals surface area (Å²) in [5, 5.41) is 0. The van der Waals surface area contributed by atoms with E-state index < -0.39 is 0 Å². The van der Waals surface area contributed by atoms with E-state index in [-0.39, 0.29) is 5.97 Å². The summed E-state index contributed by atoms with van der Waals surface area (Å²) in [6, 6.07) is 0. The first-order chi connectivity index (χ1) is 7.72. The van der Waals surface area contributed by atoms with E-state index in [1.165, 1.54) is 32.8 Å². The lowest BCUT2D eigenvalue weighted by molar-refractivity contribution is 0.0592. The van der Waals surface area contributed by atoms with Gasteiger partial charge in [-0.1, -0.05) is 19.8 Å². The molecule has 1 aromatic rings. The number of esters is 1. The van der Waals surface area contributed by atoms with Gasteiger partial charge in [0.25, 0.3) is 0 Å². The predicted octanol–water partition coefficient (Wildman–Crippen LogP) is 3.22. The largest absolute Gasteiger partial charge is 0.464 e. The van der Waals surface area contributed by atoms with Gasteiger partial charge in [0.15, 0.2) is 5.69 Å². The van der Waals surface area contributed by atoms with Crippen LogP contribution in [0.2, 0.25) is 0 Å². The third kappa shape index (κ3) is 2.26. The number of hydrogen-bond donors (Lipinski definition) is 0. The Kier molecular flexibility index (Phi) is 3.59. The zero-order valence-corrected chi connectivity index (χ0v) is 10.5. The first kappa shape index (κ1) is 11.6. The van der Waals surface area contributed by atoms with Gasteiger partial charge in [0.05, 0.1) is 12.6 Å². The fraction of sp³-hybridized carbons (Fsp3) is 0.667. The van der Waals surface area contributed by atoms with Crippen molar-refractivity contribution in [1.82, 2.24) is 4.98 Å². The highest BCUT2D eigenvalue weighted by atomic mass is 32.1. The Bertz CT molecular complexity index is 367. The fourth-order valence-corrected chi connectivity index (χ4v) is 3.26. The molecule has 1 fully saturated rings. The highest BCUT2D eigenvalue weighted by Crippen LogP contribution is 2.38. The Morgan fingerprint density at radius 2 is 2.12 bits per heavy atom. The minimum atomic E-state index is -0.296. The van der Waals surface area contributed by atoms with E-state index in [1.807, 2.05) is 0 Å². The van der Waals surface area contributed by atoms with E-state index >= 15 is 0 Å². The summed E-state index contributed by atoms with van der Waals surface area (Å²) in [5.41, 5.74) is 2.28. The molecule has 1 aliphatic carbocycles. The molecule has 3 nitrogen and oxygen atoms in total. The molecule has 0 aromatic carbocycles. The maximum atomic E-state index is 11.5. The molecule has 1 heterocycles. The maximum absolute atomic E-state index is 11.5. The molecule has 0 N–H and O–H groups in total. The summed E-state index contributed by atoms with van der Waals surface area (Å²) in [6.07, 6.45) is 4.85. The van der Waals surface area contributed by atoms with Crippen LogP contribution in [0.5, 0.6) is 0 Å². The molecule has 16 heavy (non-hydrogen) atoms. The smallest absolute Gasteiger partial charge is 0.357 e. The molecule has 0 bridgehead atoms. The lowest BCUT2D eigenvalue weighted by atomic mass is 9.82. The summed E-state index contributed by atoms with van der Waals surface area (Å²) in [6.45, 7) is 2.30. The molecule has 1 aromatic heterocycles. The SMILES string of the molecule is COC(=O)c1ncsc1C1CCC(C)CC1. The van der Waals surface area contributed by atoms with Gasteiger partial charge in [-0.3, -0.25) is 0 Å². The van der Waals surface area contributed by atoms with E-state index in [4.69, 9.17) is 4.74 Å². The second-order valence-electron chi connectivity index (χ2n) is 4.51. The van der Waals surface area contributed by atoms with Crippen molar-refractivity contribution in [3.8, 4) is 0 Å². The topological polar surface area (TPSA) is 39.2 Å². The summed E-state index contributed by atoms with van der Waals surface area (Å²) in [4.78, 5) is 16.8. The van der Waals surface area contributed by atoms with Crippen molar-refractivity contribution in [3.63, 3.8) is 0 Å². The van der Waals surface area contributed by atoms with Crippen molar-refractivity contribution in [3.05, 3.63) is 16.1 Å². The summed E-state index contributed by atoms with van der Waals surface area (Å²) >= 11 is 1.59. The van der Waals surface area contributed by atoms with Gasteiger partial charge in [0.2, 0.25) is 0 Å². The van der Waals surface area contributed by atoms with Gasteiger partial charge in [-0.15, -0.1) is 11.3 Å². The number of carbonyl (C=O) groups excluding carboxylic acids is 1. The van der Waals surface area contributed by atoms with E-state index in [0.29, 0.717) is 11.6 Å². The zero-order valence-electron chi connectivity index (χ0n) is 9.73. The highest BCUT2D eigenvalue weighted by Gasteiger charge is 2.26. The number of carbonyl (C=O) groups is 1. The molecule has 88 valence electrons. The van der Waals surface area contributed by atoms with Gasteiger partial charge in [-0.25, -0.2) is 9.78 Å². The van der Waals surface area contributed by atoms with Crippen molar-refractivity contribution >= 4 is 17.3 Å².